The van der Waals surface area contributed by atoms with E-state index < -0.39 is 0 Å². The third kappa shape index (κ3) is 3.90. The second kappa shape index (κ2) is 8.19. The maximum Gasteiger partial charge on any atom is 0.119 e. The number of rotatable bonds is 5. The van der Waals surface area contributed by atoms with Gasteiger partial charge in [-0.2, -0.15) is 0 Å². The molecule has 0 spiro atoms. The number of nitrogens with zero attached hydrogens (tertiary/aromatic N) is 1. The Kier molecular flexibility index (Phi) is 5.27. The normalized spacial score (nSPS) is 20.0. The monoisotopic (exact) mass is 391 g/mol. The summed E-state index contributed by atoms with van der Waals surface area (Å²) in [5.41, 5.74) is 6.58. The van der Waals surface area contributed by atoms with Crippen molar-refractivity contribution in [1.82, 2.24) is 15.2 Å². The van der Waals surface area contributed by atoms with Crippen molar-refractivity contribution in [3.8, 4) is 5.75 Å². The molecular weight excluding hydrogens is 362 g/mol. The summed E-state index contributed by atoms with van der Waals surface area (Å²) in [4.78, 5) is 6.06. The van der Waals surface area contributed by atoms with Gasteiger partial charge in [0.15, 0.2) is 0 Å². The van der Waals surface area contributed by atoms with Crippen molar-refractivity contribution in [2.75, 3.05) is 46.0 Å². The van der Waals surface area contributed by atoms with Gasteiger partial charge in [-0.05, 0) is 48.7 Å². The number of hydrogen-bond acceptors (Lipinski definition) is 4. The molecule has 1 atom stereocenters. The first-order chi connectivity index (χ1) is 14.3. The maximum atomic E-state index is 5.97. The van der Waals surface area contributed by atoms with Crippen LogP contribution in [0.3, 0.4) is 0 Å². The summed E-state index contributed by atoms with van der Waals surface area (Å²) >= 11 is 0. The molecule has 0 amide bonds. The number of hydrogen-bond donors (Lipinski definition) is 2. The van der Waals surface area contributed by atoms with Crippen LogP contribution in [0.2, 0.25) is 0 Å². The lowest BCUT2D eigenvalue weighted by Crippen LogP contribution is -2.38. The molecular formula is C24H29N3O2. The number of aryl methyl sites for hydroxylation is 1. The van der Waals surface area contributed by atoms with E-state index >= 15 is 0 Å². The molecule has 0 radical (unpaired) electrons. The van der Waals surface area contributed by atoms with Gasteiger partial charge in [0.05, 0.1) is 19.3 Å². The van der Waals surface area contributed by atoms with Crippen molar-refractivity contribution in [3.05, 3.63) is 64.8 Å². The van der Waals surface area contributed by atoms with Gasteiger partial charge in [-0.1, -0.05) is 23.8 Å². The predicted molar refractivity (Wildman–Crippen MR) is 116 cm³/mol. The molecule has 1 unspecified atom stereocenters. The second-order valence-electron chi connectivity index (χ2n) is 8.07. The van der Waals surface area contributed by atoms with Crippen molar-refractivity contribution in [2.45, 2.75) is 19.4 Å². The number of fused-ring (bicyclic) bond motifs is 3. The lowest BCUT2D eigenvalue weighted by Gasteiger charge is -2.26. The van der Waals surface area contributed by atoms with Gasteiger partial charge in [0, 0.05) is 42.8 Å². The topological polar surface area (TPSA) is 49.5 Å². The fourth-order valence-electron chi connectivity index (χ4n) is 4.50. The highest BCUT2D eigenvalue weighted by Crippen LogP contribution is 2.34. The molecule has 152 valence electrons. The predicted octanol–water partition coefficient (Wildman–Crippen LogP) is 3.42. The first kappa shape index (κ1) is 18.7. The number of aromatic nitrogens is 1. The second-order valence-corrected chi connectivity index (χ2v) is 8.07. The summed E-state index contributed by atoms with van der Waals surface area (Å²) in [6.45, 7) is 8.49. The molecule has 3 heterocycles. The average Bonchev–Trinajstić information content (AvgIpc) is 3.13. The smallest absolute Gasteiger partial charge is 0.119 e. The van der Waals surface area contributed by atoms with Crippen LogP contribution >= 0.6 is 0 Å². The molecule has 5 rings (SSSR count). The highest BCUT2D eigenvalue weighted by molar-refractivity contribution is 5.86. The molecule has 0 aliphatic carbocycles. The molecule has 2 aliphatic heterocycles. The Balaban J connectivity index is 1.29. The summed E-state index contributed by atoms with van der Waals surface area (Å²) in [6, 6.07) is 15.4. The number of ether oxygens (including phenoxy) is 2. The van der Waals surface area contributed by atoms with Gasteiger partial charge in [-0.25, -0.2) is 0 Å². The van der Waals surface area contributed by atoms with E-state index in [0.29, 0.717) is 6.61 Å². The molecule has 5 nitrogen and oxygen atoms in total. The molecule has 3 aromatic rings. The third-order valence-corrected chi connectivity index (χ3v) is 6.10. The minimum absolute atomic E-state index is 0.203. The van der Waals surface area contributed by atoms with Gasteiger partial charge in [0.2, 0.25) is 0 Å². The molecule has 1 fully saturated rings. The van der Waals surface area contributed by atoms with Crippen LogP contribution in [-0.4, -0.2) is 55.9 Å². The Bertz CT molecular complexity index is 974. The molecule has 1 saturated heterocycles. The standard InChI is InChI=1S/C24H29N3O2/c1-17-2-7-22-21(16-17)20-8-9-25-23(24(20)26-22)18-3-5-19(6-4-18)29-15-12-27-10-13-28-14-11-27/h2-7,16,23,25-26H,8-15H2,1H3. The van der Waals surface area contributed by atoms with E-state index in [9.17, 15) is 0 Å². The van der Waals surface area contributed by atoms with Crippen LogP contribution in [-0.2, 0) is 11.2 Å². The van der Waals surface area contributed by atoms with Crippen molar-refractivity contribution in [3.63, 3.8) is 0 Å². The minimum atomic E-state index is 0.203. The van der Waals surface area contributed by atoms with Gasteiger partial charge in [-0.15, -0.1) is 0 Å². The minimum Gasteiger partial charge on any atom is -0.492 e. The van der Waals surface area contributed by atoms with Crippen LogP contribution in [0.25, 0.3) is 10.9 Å². The van der Waals surface area contributed by atoms with Crippen LogP contribution in [0.4, 0.5) is 0 Å². The molecule has 0 bridgehead atoms. The highest BCUT2D eigenvalue weighted by Gasteiger charge is 2.25. The number of H-pyrrole nitrogens is 1. The van der Waals surface area contributed by atoms with Crippen LogP contribution in [0.15, 0.2) is 42.5 Å². The molecule has 2 aliphatic rings. The van der Waals surface area contributed by atoms with E-state index in [1.54, 1.807) is 0 Å². The maximum absolute atomic E-state index is 5.97. The summed E-state index contributed by atoms with van der Waals surface area (Å²) in [5.74, 6) is 0.935. The van der Waals surface area contributed by atoms with E-state index in [-0.39, 0.29) is 6.04 Å². The fraction of sp³-hybridized carbons (Fsp3) is 0.417. The van der Waals surface area contributed by atoms with Crippen molar-refractivity contribution >= 4 is 10.9 Å². The van der Waals surface area contributed by atoms with E-state index in [1.807, 2.05) is 0 Å². The summed E-state index contributed by atoms with van der Waals surface area (Å²) in [6.07, 6.45) is 1.07. The van der Waals surface area contributed by atoms with Crippen LogP contribution in [0.5, 0.6) is 5.75 Å². The van der Waals surface area contributed by atoms with Gasteiger partial charge < -0.3 is 19.8 Å². The van der Waals surface area contributed by atoms with Crippen LogP contribution in [0.1, 0.15) is 28.4 Å². The molecule has 29 heavy (non-hydrogen) atoms. The summed E-state index contributed by atoms with van der Waals surface area (Å²) < 4.78 is 11.4. The molecule has 2 aromatic carbocycles. The lowest BCUT2D eigenvalue weighted by atomic mass is 9.94. The van der Waals surface area contributed by atoms with E-state index in [1.165, 1.54) is 33.3 Å². The number of aromatic amines is 1. The molecule has 2 N–H and O–H groups in total. The van der Waals surface area contributed by atoms with Crippen LogP contribution < -0.4 is 10.1 Å². The van der Waals surface area contributed by atoms with Gasteiger partial charge in [0.1, 0.15) is 12.4 Å². The number of benzene rings is 2. The lowest BCUT2D eigenvalue weighted by molar-refractivity contribution is 0.0322. The molecule has 0 saturated carbocycles. The van der Waals surface area contributed by atoms with E-state index in [4.69, 9.17) is 9.47 Å². The Morgan fingerprint density at radius 2 is 1.93 bits per heavy atom. The summed E-state index contributed by atoms with van der Waals surface area (Å²) in [5, 5.41) is 5.05. The SMILES string of the molecule is Cc1ccc2[nH]c3c(c2c1)CCNC3c1ccc(OCCN2CCOCC2)cc1. The van der Waals surface area contributed by atoms with Crippen molar-refractivity contribution in [1.29, 1.82) is 0 Å². The zero-order valence-electron chi connectivity index (χ0n) is 17.0. The Morgan fingerprint density at radius 1 is 1.10 bits per heavy atom. The van der Waals surface area contributed by atoms with Gasteiger partial charge >= 0.3 is 0 Å². The Morgan fingerprint density at radius 3 is 2.76 bits per heavy atom. The zero-order valence-corrected chi connectivity index (χ0v) is 17.0. The fourth-order valence-corrected chi connectivity index (χ4v) is 4.50. The largest absolute Gasteiger partial charge is 0.492 e. The van der Waals surface area contributed by atoms with E-state index in [2.05, 4.69) is 64.6 Å². The quantitative estimate of drug-likeness (QED) is 0.700. The van der Waals surface area contributed by atoms with Crippen LogP contribution in [0, 0.1) is 6.92 Å². The van der Waals surface area contributed by atoms with Crippen molar-refractivity contribution in [2.24, 2.45) is 0 Å². The number of nitrogens with one attached hydrogen (secondary N) is 2. The first-order valence-corrected chi connectivity index (χ1v) is 10.7. The Hall–Kier alpha value is -2.34. The Labute approximate surface area is 172 Å². The number of morpholine rings is 1. The first-order valence-electron chi connectivity index (χ1n) is 10.7. The van der Waals surface area contributed by atoms with Gasteiger partial charge in [0.25, 0.3) is 0 Å². The van der Waals surface area contributed by atoms with Crippen molar-refractivity contribution < 1.29 is 9.47 Å². The summed E-state index contributed by atoms with van der Waals surface area (Å²) in [7, 11) is 0. The third-order valence-electron chi connectivity index (χ3n) is 6.10. The zero-order chi connectivity index (χ0) is 19.6. The molecule has 5 heteroatoms. The highest BCUT2D eigenvalue weighted by atomic mass is 16.5. The van der Waals surface area contributed by atoms with E-state index in [0.717, 1.165) is 51.6 Å². The van der Waals surface area contributed by atoms with Gasteiger partial charge in [-0.3, -0.25) is 4.90 Å². The molecule has 1 aromatic heterocycles. The average molecular weight is 392 g/mol.